The molecule has 0 radical (unpaired) electrons. The molecule has 0 bridgehead atoms. The van der Waals surface area contributed by atoms with Crippen LogP contribution in [0.25, 0.3) is 0 Å². The van der Waals surface area contributed by atoms with E-state index in [0.29, 0.717) is 0 Å². The lowest BCUT2D eigenvalue weighted by Gasteiger charge is -2.16. The van der Waals surface area contributed by atoms with Crippen molar-refractivity contribution in [3.05, 3.63) is 28.2 Å². The Morgan fingerprint density at radius 2 is 2.41 bits per heavy atom. The number of aryl methyl sites for hydroxylation is 1. The van der Waals surface area contributed by atoms with Gasteiger partial charge >= 0.3 is 0 Å². The fourth-order valence-corrected chi connectivity index (χ4v) is 2.82. The molecule has 6 heteroatoms. The summed E-state index contributed by atoms with van der Waals surface area (Å²) in [7, 11) is 3.62. The highest BCUT2D eigenvalue weighted by Gasteiger charge is 2.21. The highest BCUT2D eigenvalue weighted by Crippen LogP contribution is 2.34. The number of nitrogens with one attached hydrogen (secondary N) is 1. The molecule has 0 aliphatic rings. The summed E-state index contributed by atoms with van der Waals surface area (Å²) in [4.78, 5) is 1.15. The molecule has 0 aromatic carbocycles. The van der Waals surface area contributed by atoms with Gasteiger partial charge in [-0.15, -0.1) is 16.4 Å². The Hall–Kier alpha value is -1.40. The monoisotopic (exact) mass is 252 g/mol. The van der Waals surface area contributed by atoms with E-state index in [0.717, 1.165) is 22.9 Å². The molecule has 0 saturated carbocycles. The summed E-state index contributed by atoms with van der Waals surface area (Å²) in [6.07, 6.45) is 1.80. The smallest absolute Gasteiger partial charge is 0.134 e. The largest absolute Gasteiger partial charge is 0.496 e. The summed E-state index contributed by atoms with van der Waals surface area (Å²) in [6, 6.07) is 2.05. The maximum Gasteiger partial charge on any atom is 0.134 e. The third-order valence-corrected chi connectivity index (χ3v) is 3.63. The van der Waals surface area contributed by atoms with Crippen LogP contribution < -0.4 is 10.1 Å². The minimum absolute atomic E-state index is 0.0694. The molecule has 2 aromatic heterocycles. The highest BCUT2D eigenvalue weighted by molar-refractivity contribution is 7.10. The van der Waals surface area contributed by atoms with Gasteiger partial charge in [0.15, 0.2) is 0 Å². The van der Waals surface area contributed by atoms with Crippen LogP contribution in [-0.4, -0.2) is 29.2 Å². The SMILES string of the molecule is CCn1nncc1C(NC)c1sccc1OC. The fraction of sp³-hybridized carbons (Fsp3) is 0.455. The first-order chi connectivity index (χ1) is 8.31. The summed E-state index contributed by atoms with van der Waals surface area (Å²) in [5.41, 5.74) is 1.05. The third-order valence-electron chi connectivity index (χ3n) is 2.67. The lowest BCUT2D eigenvalue weighted by Crippen LogP contribution is -2.20. The second-order valence-electron chi connectivity index (χ2n) is 3.55. The second kappa shape index (κ2) is 5.29. The van der Waals surface area contributed by atoms with Gasteiger partial charge < -0.3 is 10.1 Å². The number of hydrogen-bond donors (Lipinski definition) is 1. The van der Waals surface area contributed by atoms with Gasteiger partial charge in [0.05, 0.1) is 29.9 Å². The van der Waals surface area contributed by atoms with Crippen LogP contribution in [0.3, 0.4) is 0 Å². The summed E-state index contributed by atoms with van der Waals surface area (Å²) < 4.78 is 7.25. The Morgan fingerprint density at radius 1 is 1.59 bits per heavy atom. The average molecular weight is 252 g/mol. The Balaban J connectivity index is 2.40. The zero-order valence-electron chi connectivity index (χ0n) is 10.2. The zero-order valence-corrected chi connectivity index (χ0v) is 11.0. The molecule has 0 aliphatic heterocycles. The van der Waals surface area contributed by atoms with Crippen LogP contribution in [0.2, 0.25) is 0 Å². The molecule has 5 nitrogen and oxygen atoms in total. The Bertz CT molecular complexity index is 437. The van der Waals surface area contributed by atoms with Crippen LogP contribution in [0.15, 0.2) is 17.6 Å². The predicted molar refractivity (Wildman–Crippen MR) is 67.5 cm³/mol. The van der Waals surface area contributed by atoms with Gasteiger partial charge in [-0.1, -0.05) is 5.21 Å². The summed E-state index contributed by atoms with van der Waals surface area (Å²) in [5, 5.41) is 13.3. The molecule has 92 valence electrons. The van der Waals surface area contributed by atoms with Crippen LogP contribution in [0.5, 0.6) is 5.75 Å². The first-order valence-electron chi connectivity index (χ1n) is 5.48. The normalized spacial score (nSPS) is 12.6. The van der Waals surface area contributed by atoms with Gasteiger partial charge in [-0.25, -0.2) is 4.68 Å². The minimum atomic E-state index is 0.0694. The standard InChI is InChI=1S/C11H16N4OS/c1-4-15-8(7-13-14-15)10(12-2)11-9(16-3)5-6-17-11/h5-7,10,12H,4H2,1-3H3. The number of ether oxygens (including phenoxy) is 1. The van der Waals surface area contributed by atoms with E-state index < -0.39 is 0 Å². The van der Waals surface area contributed by atoms with Crippen molar-refractivity contribution >= 4 is 11.3 Å². The average Bonchev–Trinajstić information content (AvgIpc) is 2.98. The van der Waals surface area contributed by atoms with Gasteiger partial charge in [0.1, 0.15) is 5.75 Å². The first kappa shape index (κ1) is 12.1. The van der Waals surface area contributed by atoms with Crippen molar-refractivity contribution in [2.45, 2.75) is 19.5 Å². The molecule has 2 heterocycles. The van der Waals surface area contributed by atoms with E-state index in [9.17, 15) is 0 Å². The van der Waals surface area contributed by atoms with Gasteiger partial charge in [-0.05, 0) is 25.4 Å². The molecule has 17 heavy (non-hydrogen) atoms. The molecular formula is C11H16N4OS. The van der Waals surface area contributed by atoms with Crippen LogP contribution >= 0.6 is 11.3 Å². The van der Waals surface area contributed by atoms with Crippen molar-refractivity contribution in [2.75, 3.05) is 14.2 Å². The molecule has 0 fully saturated rings. The van der Waals surface area contributed by atoms with E-state index in [2.05, 4.69) is 22.6 Å². The van der Waals surface area contributed by atoms with Crippen molar-refractivity contribution in [1.82, 2.24) is 20.3 Å². The van der Waals surface area contributed by atoms with Crippen molar-refractivity contribution < 1.29 is 4.74 Å². The van der Waals surface area contributed by atoms with Gasteiger partial charge in [0.25, 0.3) is 0 Å². The number of methoxy groups -OCH3 is 1. The number of hydrogen-bond acceptors (Lipinski definition) is 5. The molecule has 2 rings (SSSR count). The Morgan fingerprint density at radius 3 is 3.06 bits per heavy atom. The molecule has 1 N–H and O–H groups in total. The number of aromatic nitrogens is 3. The molecular weight excluding hydrogens is 236 g/mol. The van der Waals surface area contributed by atoms with Crippen molar-refractivity contribution in [1.29, 1.82) is 0 Å². The van der Waals surface area contributed by atoms with Gasteiger partial charge in [0.2, 0.25) is 0 Å². The lowest BCUT2D eigenvalue weighted by molar-refractivity contribution is 0.407. The molecule has 0 saturated heterocycles. The van der Waals surface area contributed by atoms with Crippen molar-refractivity contribution in [3.8, 4) is 5.75 Å². The van der Waals surface area contributed by atoms with E-state index in [1.165, 1.54) is 0 Å². The molecule has 1 atom stereocenters. The molecule has 0 amide bonds. The zero-order chi connectivity index (χ0) is 12.3. The maximum atomic E-state index is 5.36. The molecule has 2 aromatic rings. The van der Waals surface area contributed by atoms with Crippen LogP contribution in [-0.2, 0) is 6.54 Å². The first-order valence-corrected chi connectivity index (χ1v) is 6.36. The van der Waals surface area contributed by atoms with Gasteiger partial charge in [0, 0.05) is 6.54 Å². The number of thiophene rings is 1. The van der Waals surface area contributed by atoms with E-state index in [-0.39, 0.29) is 6.04 Å². The molecule has 0 aliphatic carbocycles. The Labute approximate surface area is 104 Å². The third kappa shape index (κ3) is 2.18. The van der Waals surface area contributed by atoms with Crippen molar-refractivity contribution in [3.63, 3.8) is 0 Å². The lowest BCUT2D eigenvalue weighted by atomic mass is 10.1. The number of nitrogens with zero attached hydrogens (tertiary/aromatic N) is 3. The number of rotatable bonds is 5. The van der Waals surface area contributed by atoms with Gasteiger partial charge in [-0.3, -0.25) is 0 Å². The maximum absolute atomic E-state index is 5.36. The quantitative estimate of drug-likeness (QED) is 0.879. The predicted octanol–water partition coefficient (Wildman–Crippen LogP) is 1.68. The summed E-state index contributed by atoms with van der Waals surface area (Å²) in [6.45, 7) is 2.86. The van der Waals surface area contributed by atoms with Gasteiger partial charge in [-0.2, -0.15) is 0 Å². The van der Waals surface area contributed by atoms with E-state index in [1.54, 1.807) is 24.6 Å². The molecule has 0 spiro atoms. The summed E-state index contributed by atoms with van der Waals surface area (Å²) in [5.74, 6) is 0.901. The summed E-state index contributed by atoms with van der Waals surface area (Å²) >= 11 is 1.67. The highest BCUT2D eigenvalue weighted by atomic mass is 32.1. The minimum Gasteiger partial charge on any atom is -0.496 e. The second-order valence-corrected chi connectivity index (χ2v) is 4.50. The fourth-order valence-electron chi connectivity index (χ4n) is 1.84. The topological polar surface area (TPSA) is 52.0 Å². The van der Waals surface area contributed by atoms with E-state index in [1.807, 2.05) is 23.2 Å². The molecule has 1 unspecified atom stereocenters. The van der Waals surface area contributed by atoms with E-state index in [4.69, 9.17) is 4.74 Å². The van der Waals surface area contributed by atoms with Crippen LogP contribution in [0.1, 0.15) is 23.5 Å². The van der Waals surface area contributed by atoms with Crippen LogP contribution in [0.4, 0.5) is 0 Å². The van der Waals surface area contributed by atoms with Crippen LogP contribution in [0, 0.1) is 0 Å². The van der Waals surface area contributed by atoms with E-state index >= 15 is 0 Å². The Kier molecular flexibility index (Phi) is 3.75. The van der Waals surface area contributed by atoms with Crippen molar-refractivity contribution in [2.24, 2.45) is 0 Å².